The number of nitrogens with one attached hydrogen (secondary N) is 2. The van der Waals surface area contributed by atoms with Crippen molar-refractivity contribution in [2.24, 2.45) is 0 Å². The first-order valence-corrected chi connectivity index (χ1v) is 10.0. The molecule has 4 aromatic rings. The summed E-state index contributed by atoms with van der Waals surface area (Å²) in [6.45, 7) is 2.47. The van der Waals surface area contributed by atoms with Crippen molar-refractivity contribution in [3.05, 3.63) is 114 Å². The Labute approximate surface area is 184 Å². The maximum absolute atomic E-state index is 13.7. The third-order valence-corrected chi connectivity index (χ3v) is 4.84. The molecule has 7 heteroatoms. The first kappa shape index (κ1) is 21.0. The summed E-state index contributed by atoms with van der Waals surface area (Å²) < 4.78 is 15.6. The molecule has 0 radical (unpaired) electrons. The van der Waals surface area contributed by atoms with Crippen molar-refractivity contribution in [1.82, 2.24) is 9.55 Å². The van der Waals surface area contributed by atoms with Crippen molar-refractivity contribution >= 4 is 23.2 Å². The first-order valence-electron chi connectivity index (χ1n) is 10.0. The fourth-order valence-electron chi connectivity index (χ4n) is 3.23. The molecule has 0 aliphatic heterocycles. The van der Waals surface area contributed by atoms with Crippen LogP contribution in [0.5, 0.6) is 0 Å². The Bertz CT molecular complexity index is 1260. The molecule has 6 nitrogen and oxygen atoms in total. The highest BCUT2D eigenvalue weighted by atomic mass is 19.1. The average molecular weight is 428 g/mol. The number of aryl methyl sites for hydroxylation is 1. The maximum atomic E-state index is 13.7. The Morgan fingerprint density at radius 3 is 2.41 bits per heavy atom. The van der Waals surface area contributed by atoms with Crippen LogP contribution in [0, 0.1) is 12.7 Å². The Hall–Kier alpha value is -4.26. The van der Waals surface area contributed by atoms with Gasteiger partial charge in [0.05, 0.1) is 11.9 Å². The molecule has 2 N–H and O–H groups in total. The number of hydrogen-bond acceptors (Lipinski definition) is 3. The summed E-state index contributed by atoms with van der Waals surface area (Å²) in [5, 5.41) is 5.52. The van der Waals surface area contributed by atoms with E-state index in [1.807, 2.05) is 43.3 Å². The summed E-state index contributed by atoms with van der Waals surface area (Å²) in [5.74, 6) is -1.35. The average Bonchev–Trinajstić information content (AvgIpc) is 3.24. The van der Waals surface area contributed by atoms with Gasteiger partial charge in [-0.15, -0.1) is 0 Å². The number of rotatable bonds is 6. The van der Waals surface area contributed by atoms with Crippen molar-refractivity contribution in [3.63, 3.8) is 0 Å². The molecule has 0 saturated heterocycles. The molecule has 0 atom stereocenters. The van der Waals surface area contributed by atoms with Crippen LogP contribution in [0.1, 0.15) is 32.0 Å². The zero-order valence-corrected chi connectivity index (χ0v) is 17.4. The Morgan fingerprint density at radius 1 is 0.906 bits per heavy atom. The van der Waals surface area contributed by atoms with Crippen LogP contribution in [0.15, 0.2) is 85.3 Å². The van der Waals surface area contributed by atoms with Crippen molar-refractivity contribution in [1.29, 1.82) is 0 Å². The van der Waals surface area contributed by atoms with Crippen LogP contribution < -0.4 is 10.6 Å². The van der Waals surface area contributed by atoms with Gasteiger partial charge in [0, 0.05) is 24.1 Å². The molecule has 0 unspecified atom stereocenters. The summed E-state index contributed by atoms with van der Waals surface area (Å²) in [5.41, 5.74) is 3.61. The molecular weight excluding hydrogens is 407 g/mol. The van der Waals surface area contributed by atoms with Gasteiger partial charge in [0.1, 0.15) is 11.5 Å². The van der Waals surface area contributed by atoms with E-state index in [1.165, 1.54) is 18.2 Å². The number of halogens is 1. The van der Waals surface area contributed by atoms with E-state index in [-0.39, 0.29) is 11.5 Å². The number of amides is 2. The van der Waals surface area contributed by atoms with Gasteiger partial charge in [0.2, 0.25) is 0 Å². The van der Waals surface area contributed by atoms with Crippen molar-refractivity contribution in [2.45, 2.75) is 13.5 Å². The lowest BCUT2D eigenvalue weighted by Crippen LogP contribution is -2.13. The summed E-state index contributed by atoms with van der Waals surface area (Å²) in [6, 6.07) is 20.6. The number of carbonyl (C=O) groups is 2. The maximum Gasteiger partial charge on any atom is 0.275 e. The second-order valence-electron chi connectivity index (χ2n) is 7.39. The predicted molar refractivity (Wildman–Crippen MR) is 121 cm³/mol. The predicted octanol–water partition coefficient (Wildman–Crippen LogP) is 4.88. The number of anilines is 2. The second-order valence-corrected chi connectivity index (χ2v) is 7.39. The van der Waals surface area contributed by atoms with Gasteiger partial charge in [-0.2, -0.15) is 0 Å². The third kappa shape index (κ3) is 5.07. The van der Waals surface area contributed by atoms with Crippen LogP contribution in [-0.2, 0) is 6.54 Å². The van der Waals surface area contributed by atoms with Crippen LogP contribution in [0.25, 0.3) is 0 Å². The molecule has 4 rings (SSSR count). The van der Waals surface area contributed by atoms with E-state index in [0.29, 0.717) is 17.9 Å². The monoisotopic (exact) mass is 428 g/mol. The zero-order chi connectivity index (χ0) is 22.5. The van der Waals surface area contributed by atoms with Gasteiger partial charge < -0.3 is 15.2 Å². The minimum absolute atomic E-state index is 0.00791. The molecule has 160 valence electrons. The van der Waals surface area contributed by atoms with E-state index in [0.717, 1.165) is 16.8 Å². The molecule has 0 bridgehead atoms. The topological polar surface area (TPSA) is 76.0 Å². The Kier molecular flexibility index (Phi) is 6.07. The Morgan fingerprint density at radius 2 is 1.66 bits per heavy atom. The summed E-state index contributed by atoms with van der Waals surface area (Å²) >= 11 is 0. The number of hydrogen-bond donors (Lipinski definition) is 2. The van der Waals surface area contributed by atoms with Crippen molar-refractivity contribution in [2.75, 3.05) is 10.6 Å². The van der Waals surface area contributed by atoms with Gasteiger partial charge >= 0.3 is 0 Å². The molecule has 0 saturated carbocycles. The minimum atomic E-state index is -0.566. The van der Waals surface area contributed by atoms with Gasteiger partial charge in [-0.05, 0) is 54.4 Å². The van der Waals surface area contributed by atoms with Crippen LogP contribution in [-0.4, -0.2) is 21.4 Å². The van der Waals surface area contributed by atoms with E-state index in [9.17, 15) is 14.0 Å². The Balaban J connectivity index is 1.37. The normalized spacial score (nSPS) is 10.6. The molecule has 32 heavy (non-hydrogen) atoms. The lowest BCUT2D eigenvalue weighted by Gasteiger charge is -2.08. The summed E-state index contributed by atoms with van der Waals surface area (Å²) in [7, 11) is 0. The van der Waals surface area contributed by atoms with Gasteiger partial charge in [0.25, 0.3) is 11.8 Å². The second kappa shape index (κ2) is 9.26. The highest BCUT2D eigenvalue weighted by molar-refractivity contribution is 6.04. The van der Waals surface area contributed by atoms with Crippen LogP contribution >= 0.6 is 0 Å². The van der Waals surface area contributed by atoms with E-state index in [2.05, 4.69) is 15.6 Å². The lowest BCUT2D eigenvalue weighted by molar-refractivity contribution is 0.101. The van der Waals surface area contributed by atoms with Crippen molar-refractivity contribution < 1.29 is 14.0 Å². The largest absolute Gasteiger partial charge is 0.332 e. The minimum Gasteiger partial charge on any atom is -0.332 e. The number of carbonyl (C=O) groups excluding carboxylic acids is 2. The van der Waals surface area contributed by atoms with Crippen LogP contribution in [0.2, 0.25) is 0 Å². The summed E-state index contributed by atoms with van der Waals surface area (Å²) in [6.07, 6.45) is 3.28. The zero-order valence-electron chi connectivity index (χ0n) is 17.4. The van der Waals surface area contributed by atoms with Crippen molar-refractivity contribution in [3.8, 4) is 0 Å². The van der Waals surface area contributed by atoms with Crippen LogP contribution in [0.3, 0.4) is 0 Å². The lowest BCUT2D eigenvalue weighted by atomic mass is 10.1. The molecule has 3 aromatic carbocycles. The molecular formula is C25H21FN4O2. The highest BCUT2D eigenvalue weighted by Gasteiger charge is 2.12. The van der Waals surface area contributed by atoms with E-state index in [1.54, 1.807) is 35.3 Å². The molecule has 1 heterocycles. The van der Waals surface area contributed by atoms with Gasteiger partial charge in [-0.3, -0.25) is 9.59 Å². The number of nitrogens with zero attached hydrogens (tertiary/aromatic N) is 2. The third-order valence-electron chi connectivity index (χ3n) is 4.84. The molecule has 0 spiro atoms. The van der Waals surface area contributed by atoms with Gasteiger partial charge in [-0.1, -0.05) is 36.4 Å². The fourth-order valence-corrected chi connectivity index (χ4v) is 3.23. The highest BCUT2D eigenvalue weighted by Crippen LogP contribution is 2.15. The van der Waals surface area contributed by atoms with Gasteiger partial charge in [0.15, 0.2) is 0 Å². The number of aromatic nitrogens is 2. The van der Waals surface area contributed by atoms with Gasteiger partial charge in [-0.25, -0.2) is 9.37 Å². The van der Waals surface area contributed by atoms with Crippen LogP contribution in [0.4, 0.5) is 15.8 Å². The molecule has 1 aromatic heterocycles. The van der Waals surface area contributed by atoms with E-state index >= 15 is 0 Å². The molecule has 0 fully saturated rings. The smallest absolute Gasteiger partial charge is 0.275 e. The molecule has 0 aliphatic rings. The fraction of sp³-hybridized carbons (Fsp3) is 0.0800. The SMILES string of the molecule is Cc1cccc(NC(=O)c2cn(Cc3ccc(NC(=O)c4ccccc4F)cc3)cn2)c1. The van der Waals surface area contributed by atoms with E-state index in [4.69, 9.17) is 0 Å². The quantitative estimate of drug-likeness (QED) is 0.459. The molecule has 0 aliphatic carbocycles. The van der Waals surface area contributed by atoms with E-state index < -0.39 is 11.7 Å². The standard InChI is InChI=1S/C25H21FN4O2/c1-17-5-4-6-20(13-17)29-25(32)23-15-30(16-27-23)14-18-9-11-19(12-10-18)28-24(31)21-7-2-3-8-22(21)26/h2-13,15-16H,14H2,1H3,(H,28,31)(H,29,32). The number of imidazole rings is 1. The molecule has 2 amide bonds. The number of benzene rings is 3. The summed E-state index contributed by atoms with van der Waals surface area (Å²) in [4.78, 5) is 28.8. The first-order chi connectivity index (χ1) is 15.5.